The number of rotatable bonds is 5. The van der Waals surface area contributed by atoms with Gasteiger partial charge in [0.1, 0.15) is 5.75 Å². The van der Waals surface area contributed by atoms with Crippen LogP contribution in [0.3, 0.4) is 0 Å². The predicted molar refractivity (Wildman–Crippen MR) is 134 cm³/mol. The van der Waals surface area contributed by atoms with Crippen molar-refractivity contribution in [2.45, 2.75) is 37.2 Å². The van der Waals surface area contributed by atoms with Gasteiger partial charge in [-0.3, -0.25) is 4.79 Å². The molecule has 0 bridgehead atoms. The van der Waals surface area contributed by atoms with Crippen LogP contribution in [0.4, 0.5) is 0 Å². The number of para-hydroxylation sites is 1. The molecule has 0 aromatic heterocycles. The first kappa shape index (κ1) is 22.7. The van der Waals surface area contributed by atoms with Gasteiger partial charge >= 0.3 is 0 Å². The third-order valence-electron chi connectivity index (χ3n) is 8.19. The van der Waals surface area contributed by atoms with Gasteiger partial charge in [-0.05, 0) is 42.9 Å². The maximum absolute atomic E-state index is 13.7. The Morgan fingerprint density at radius 3 is 2.15 bits per heavy atom. The lowest BCUT2D eigenvalue weighted by atomic mass is 9.56. The lowest BCUT2D eigenvalue weighted by Gasteiger charge is -2.48. The van der Waals surface area contributed by atoms with Crippen molar-refractivity contribution in [1.29, 1.82) is 0 Å². The number of carbonyl (C=O) groups excluding carboxylic acids is 1. The van der Waals surface area contributed by atoms with Crippen LogP contribution >= 0.6 is 0 Å². The highest BCUT2D eigenvalue weighted by molar-refractivity contribution is 5.84. The van der Waals surface area contributed by atoms with Gasteiger partial charge in [0.2, 0.25) is 5.91 Å². The first-order chi connectivity index (χ1) is 16.6. The van der Waals surface area contributed by atoms with Gasteiger partial charge in [-0.2, -0.15) is 0 Å². The Hall–Kier alpha value is -3.11. The third kappa shape index (κ3) is 3.70. The number of amides is 1. The number of fused-ring (bicyclic) bond motifs is 1. The number of methoxy groups -OCH3 is 1. The molecule has 1 heterocycles. The molecule has 1 saturated carbocycles. The van der Waals surface area contributed by atoms with Gasteiger partial charge in [-0.25, -0.2) is 0 Å². The highest BCUT2D eigenvalue weighted by Gasteiger charge is 2.55. The first-order valence-electron chi connectivity index (χ1n) is 12.3. The van der Waals surface area contributed by atoms with Crippen molar-refractivity contribution in [2.75, 3.05) is 20.2 Å². The molecule has 1 aliphatic carbocycles. The molecule has 2 aliphatic rings. The third-order valence-corrected chi connectivity index (χ3v) is 8.19. The Morgan fingerprint density at radius 2 is 1.53 bits per heavy atom. The van der Waals surface area contributed by atoms with Crippen LogP contribution < -0.4 is 4.74 Å². The molecule has 1 aliphatic heterocycles. The van der Waals surface area contributed by atoms with Crippen molar-refractivity contribution in [3.8, 4) is 5.75 Å². The Balaban J connectivity index is 1.52. The van der Waals surface area contributed by atoms with Crippen LogP contribution in [-0.2, 0) is 10.2 Å². The van der Waals surface area contributed by atoms with Gasteiger partial charge in [0.05, 0.1) is 19.1 Å². The number of hydrogen-bond acceptors (Lipinski definition) is 3. The average Bonchev–Trinajstić information content (AvgIpc) is 3.36. The second-order valence-electron chi connectivity index (χ2n) is 9.79. The minimum absolute atomic E-state index is 0.0444. The summed E-state index contributed by atoms with van der Waals surface area (Å²) in [5.41, 5.74) is 3.22. The van der Waals surface area contributed by atoms with E-state index in [4.69, 9.17) is 4.74 Å². The lowest BCUT2D eigenvalue weighted by Crippen LogP contribution is -2.48. The summed E-state index contributed by atoms with van der Waals surface area (Å²) in [7, 11) is 1.64. The summed E-state index contributed by atoms with van der Waals surface area (Å²) < 4.78 is 5.53. The van der Waals surface area contributed by atoms with E-state index in [1.165, 1.54) is 11.1 Å². The van der Waals surface area contributed by atoms with Crippen LogP contribution in [0.1, 0.15) is 42.4 Å². The number of carbonyl (C=O) groups is 1. The summed E-state index contributed by atoms with van der Waals surface area (Å²) in [5.74, 6) is 0.721. The molecule has 0 unspecified atom stereocenters. The molecule has 3 aromatic carbocycles. The maximum atomic E-state index is 13.7. The largest absolute Gasteiger partial charge is 0.496 e. The highest BCUT2D eigenvalue weighted by atomic mass is 16.5. The van der Waals surface area contributed by atoms with Crippen LogP contribution in [0.25, 0.3) is 0 Å². The summed E-state index contributed by atoms with van der Waals surface area (Å²) in [6.07, 6.45) is 1.20. The van der Waals surface area contributed by atoms with Crippen LogP contribution in [-0.4, -0.2) is 42.2 Å². The van der Waals surface area contributed by atoms with E-state index < -0.39 is 6.10 Å². The zero-order valence-electron chi connectivity index (χ0n) is 19.9. The normalized spacial score (nSPS) is 24.3. The van der Waals surface area contributed by atoms with E-state index in [1.54, 1.807) is 7.11 Å². The van der Waals surface area contributed by atoms with Gasteiger partial charge in [0.25, 0.3) is 0 Å². The zero-order chi connectivity index (χ0) is 23.7. The molecular weight excluding hydrogens is 422 g/mol. The Bertz CT molecular complexity index is 1090. The number of aliphatic hydroxyl groups excluding tert-OH is 1. The molecule has 4 heteroatoms. The van der Waals surface area contributed by atoms with Gasteiger partial charge in [0, 0.05) is 30.0 Å². The molecule has 176 valence electrons. The van der Waals surface area contributed by atoms with Crippen LogP contribution in [0.2, 0.25) is 0 Å². The van der Waals surface area contributed by atoms with Gasteiger partial charge < -0.3 is 14.7 Å². The fourth-order valence-electron chi connectivity index (χ4n) is 6.48. The number of likely N-dealkylation sites (tertiary alicyclic amines) is 1. The standard InChI is InChI=1S/C30H33NO3/c1-21(24-15-9-10-16-28(24)34-2)29(33)31-19-25-26(20-31)30(18-17-27(25)32,22-11-5-3-6-12-22)23-13-7-4-8-14-23/h3-16,21,25-27,32H,17-20H2,1-2H3/t21-,25-,26+,27-/m0/s1. The molecule has 1 N–H and O–H groups in total. The number of nitrogens with zero attached hydrogens (tertiary/aromatic N) is 1. The molecule has 4 nitrogen and oxygen atoms in total. The van der Waals surface area contributed by atoms with Crippen LogP contribution in [0.15, 0.2) is 84.9 Å². The Morgan fingerprint density at radius 1 is 0.941 bits per heavy atom. The van der Waals surface area contributed by atoms with Crippen molar-refractivity contribution in [3.05, 3.63) is 102 Å². The molecule has 1 saturated heterocycles. The van der Waals surface area contributed by atoms with E-state index in [1.807, 2.05) is 36.1 Å². The van der Waals surface area contributed by atoms with Crippen molar-refractivity contribution in [2.24, 2.45) is 11.8 Å². The van der Waals surface area contributed by atoms with Gasteiger partial charge in [0.15, 0.2) is 0 Å². The van der Waals surface area contributed by atoms with Crippen molar-refractivity contribution in [3.63, 3.8) is 0 Å². The van der Waals surface area contributed by atoms with E-state index in [2.05, 4.69) is 60.7 Å². The van der Waals surface area contributed by atoms with E-state index in [0.29, 0.717) is 13.1 Å². The van der Waals surface area contributed by atoms with Gasteiger partial charge in [-0.1, -0.05) is 78.9 Å². The second kappa shape index (κ2) is 9.27. The fourth-order valence-corrected chi connectivity index (χ4v) is 6.48. The fraction of sp³-hybridized carbons (Fsp3) is 0.367. The summed E-state index contributed by atoms with van der Waals surface area (Å²) in [4.78, 5) is 15.7. The zero-order valence-corrected chi connectivity index (χ0v) is 19.9. The minimum Gasteiger partial charge on any atom is -0.496 e. The van der Waals surface area contributed by atoms with Crippen molar-refractivity contribution >= 4 is 5.91 Å². The van der Waals surface area contributed by atoms with E-state index in [-0.39, 0.29) is 29.1 Å². The predicted octanol–water partition coefficient (Wildman–Crippen LogP) is 5.01. The lowest BCUT2D eigenvalue weighted by molar-refractivity contribution is -0.131. The summed E-state index contributed by atoms with van der Waals surface area (Å²) in [5, 5.41) is 11.1. The smallest absolute Gasteiger partial charge is 0.229 e. The molecule has 3 aromatic rings. The first-order valence-corrected chi connectivity index (χ1v) is 12.3. The number of hydrogen-bond donors (Lipinski definition) is 1. The SMILES string of the molecule is COc1ccccc1[C@H](C)C(=O)N1C[C@H]2[C@@H](C1)C(c1ccccc1)(c1ccccc1)CC[C@@H]2O. The summed E-state index contributed by atoms with van der Waals surface area (Å²) in [6, 6.07) is 29.1. The molecule has 4 atom stereocenters. The van der Waals surface area contributed by atoms with Crippen molar-refractivity contribution in [1.82, 2.24) is 4.90 Å². The Labute approximate surface area is 202 Å². The molecule has 1 amide bonds. The maximum Gasteiger partial charge on any atom is 0.229 e. The number of ether oxygens (including phenoxy) is 1. The molecular formula is C30H33NO3. The van der Waals surface area contributed by atoms with Crippen LogP contribution in [0.5, 0.6) is 5.75 Å². The van der Waals surface area contributed by atoms with E-state index in [0.717, 1.165) is 24.2 Å². The monoisotopic (exact) mass is 455 g/mol. The molecule has 2 fully saturated rings. The Kier molecular flexibility index (Phi) is 6.18. The molecule has 0 radical (unpaired) electrons. The minimum atomic E-state index is -0.398. The number of aliphatic hydroxyl groups is 1. The topological polar surface area (TPSA) is 49.8 Å². The highest BCUT2D eigenvalue weighted by Crippen LogP contribution is 2.53. The molecule has 0 spiro atoms. The second-order valence-corrected chi connectivity index (χ2v) is 9.79. The molecule has 34 heavy (non-hydrogen) atoms. The quantitative estimate of drug-likeness (QED) is 0.588. The molecule has 5 rings (SSSR count). The van der Waals surface area contributed by atoms with Crippen LogP contribution in [0, 0.1) is 11.8 Å². The van der Waals surface area contributed by atoms with E-state index >= 15 is 0 Å². The summed E-state index contributed by atoms with van der Waals surface area (Å²) in [6.45, 7) is 3.19. The number of benzene rings is 3. The van der Waals surface area contributed by atoms with E-state index in [9.17, 15) is 9.90 Å². The van der Waals surface area contributed by atoms with Gasteiger partial charge in [-0.15, -0.1) is 0 Å². The average molecular weight is 456 g/mol. The van der Waals surface area contributed by atoms with Crippen molar-refractivity contribution < 1.29 is 14.6 Å². The summed E-state index contributed by atoms with van der Waals surface area (Å²) >= 11 is 0.